The van der Waals surface area contributed by atoms with Gasteiger partial charge in [0.05, 0.1) is 13.2 Å². The molecular formula is C17H28O2. The van der Waals surface area contributed by atoms with E-state index < -0.39 is 0 Å². The quantitative estimate of drug-likeness (QED) is 0.848. The van der Waals surface area contributed by atoms with E-state index in [1.165, 1.54) is 0 Å². The highest BCUT2D eigenvalue weighted by molar-refractivity contribution is 5.36. The monoisotopic (exact) mass is 264 g/mol. The van der Waals surface area contributed by atoms with Crippen LogP contribution in [-0.4, -0.2) is 12.2 Å². The van der Waals surface area contributed by atoms with E-state index in [1.54, 1.807) is 7.11 Å². The molecule has 108 valence electrons. The van der Waals surface area contributed by atoms with Crippen LogP contribution in [0.25, 0.3) is 0 Å². The Labute approximate surface area is 117 Å². The van der Waals surface area contributed by atoms with Crippen LogP contribution in [0.4, 0.5) is 0 Å². The topological polar surface area (TPSA) is 29.5 Å². The molecule has 0 saturated heterocycles. The fourth-order valence-corrected chi connectivity index (χ4v) is 2.75. The SMILES string of the molecule is COc1ccc(C(O)CC(C)CC(C)(C)C)cc1C. The summed E-state index contributed by atoms with van der Waals surface area (Å²) < 4.78 is 5.25. The predicted octanol–water partition coefficient (Wildman–Crippen LogP) is 4.50. The Balaban J connectivity index is 2.68. The summed E-state index contributed by atoms with van der Waals surface area (Å²) in [5.41, 5.74) is 2.37. The number of hydrogen-bond acceptors (Lipinski definition) is 2. The Kier molecular flexibility index (Phi) is 5.42. The Morgan fingerprint density at radius 1 is 1.26 bits per heavy atom. The number of aryl methyl sites for hydroxylation is 1. The van der Waals surface area contributed by atoms with E-state index >= 15 is 0 Å². The van der Waals surface area contributed by atoms with Gasteiger partial charge >= 0.3 is 0 Å². The third-order valence-corrected chi connectivity index (χ3v) is 3.39. The largest absolute Gasteiger partial charge is 0.496 e. The van der Waals surface area contributed by atoms with Gasteiger partial charge in [0, 0.05) is 0 Å². The first-order valence-electron chi connectivity index (χ1n) is 7.05. The fraction of sp³-hybridized carbons (Fsp3) is 0.647. The molecule has 0 spiro atoms. The van der Waals surface area contributed by atoms with Crippen LogP contribution >= 0.6 is 0 Å². The van der Waals surface area contributed by atoms with Crippen molar-refractivity contribution in [2.24, 2.45) is 11.3 Å². The molecule has 0 radical (unpaired) electrons. The highest BCUT2D eigenvalue weighted by Gasteiger charge is 2.19. The van der Waals surface area contributed by atoms with Gasteiger partial charge in [-0.3, -0.25) is 0 Å². The average molecular weight is 264 g/mol. The summed E-state index contributed by atoms with van der Waals surface area (Å²) in [7, 11) is 1.67. The lowest BCUT2D eigenvalue weighted by Crippen LogP contribution is -2.13. The van der Waals surface area contributed by atoms with E-state index in [2.05, 4.69) is 27.7 Å². The van der Waals surface area contributed by atoms with E-state index in [1.807, 2.05) is 25.1 Å². The first-order chi connectivity index (χ1) is 8.73. The Morgan fingerprint density at radius 3 is 2.37 bits per heavy atom. The average Bonchev–Trinajstić information content (AvgIpc) is 2.26. The van der Waals surface area contributed by atoms with Gasteiger partial charge in [-0.25, -0.2) is 0 Å². The lowest BCUT2D eigenvalue weighted by molar-refractivity contribution is 0.134. The van der Waals surface area contributed by atoms with Gasteiger partial charge in [-0.15, -0.1) is 0 Å². The zero-order valence-electron chi connectivity index (χ0n) is 13.2. The van der Waals surface area contributed by atoms with Crippen molar-refractivity contribution >= 4 is 0 Å². The number of benzene rings is 1. The van der Waals surface area contributed by atoms with E-state index in [0.717, 1.165) is 29.7 Å². The van der Waals surface area contributed by atoms with Crippen molar-refractivity contribution in [3.8, 4) is 5.75 Å². The van der Waals surface area contributed by atoms with Crippen molar-refractivity contribution in [3.63, 3.8) is 0 Å². The van der Waals surface area contributed by atoms with Crippen molar-refractivity contribution in [1.82, 2.24) is 0 Å². The first-order valence-corrected chi connectivity index (χ1v) is 7.05. The lowest BCUT2D eigenvalue weighted by atomic mass is 9.82. The van der Waals surface area contributed by atoms with Crippen LogP contribution in [0, 0.1) is 18.3 Å². The van der Waals surface area contributed by atoms with Gasteiger partial charge in [0.25, 0.3) is 0 Å². The molecule has 0 aromatic heterocycles. The van der Waals surface area contributed by atoms with Gasteiger partial charge < -0.3 is 9.84 Å². The number of aliphatic hydroxyl groups excluding tert-OH is 1. The van der Waals surface area contributed by atoms with Gasteiger partial charge in [-0.05, 0) is 54.4 Å². The van der Waals surface area contributed by atoms with Gasteiger partial charge in [0.15, 0.2) is 0 Å². The Morgan fingerprint density at radius 2 is 1.89 bits per heavy atom. The van der Waals surface area contributed by atoms with Gasteiger partial charge in [0.1, 0.15) is 5.75 Å². The number of ether oxygens (including phenoxy) is 1. The number of rotatable bonds is 5. The minimum atomic E-state index is -0.387. The van der Waals surface area contributed by atoms with Crippen LogP contribution in [0.3, 0.4) is 0 Å². The van der Waals surface area contributed by atoms with Crippen molar-refractivity contribution in [3.05, 3.63) is 29.3 Å². The summed E-state index contributed by atoms with van der Waals surface area (Å²) >= 11 is 0. The zero-order valence-corrected chi connectivity index (χ0v) is 13.2. The molecule has 0 saturated carbocycles. The lowest BCUT2D eigenvalue weighted by Gasteiger charge is -2.25. The second-order valence-electron chi connectivity index (χ2n) is 6.85. The van der Waals surface area contributed by atoms with Crippen LogP contribution in [0.2, 0.25) is 0 Å². The molecule has 2 atom stereocenters. The second kappa shape index (κ2) is 6.42. The third-order valence-electron chi connectivity index (χ3n) is 3.39. The van der Waals surface area contributed by atoms with Crippen molar-refractivity contribution in [2.45, 2.75) is 53.6 Å². The second-order valence-corrected chi connectivity index (χ2v) is 6.85. The van der Waals surface area contributed by atoms with Crippen LogP contribution in [-0.2, 0) is 0 Å². The van der Waals surface area contributed by atoms with E-state index in [0.29, 0.717) is 11.3 Å². The molecule has 1 aromatic rings. The molecule has 19 heavy (non-hydrogen) atoms. The fourth-order valence-electron chi connectivity index (χ4n) is 2.75. The summed E-state index contributed by atoms with van der Waals surface area (Å²) in [6, 6.07) is 5.91. The number of hydrogen-bond donors (Lipinski definition) is 1. The molecule has 1 rings (SSSR count). The summed E-state index contributed by atoms with van der Waals surface area (Å²) in [5, 5.41) is 10.3. The molecule has 0 amide bonds. The maximum atomic E-state index is 10.3. The third kappa shape index (κ3) is 5.23. The van der Waals surface area contributed by atoms with E-state index in [9.17, 15) is 5.11 Å². The molecule has 0 bridgehead atoms. The first kappa shape index (κ1) is 16.0. The molecule has 2 unspecified atom stereocenters. The molecule has 0 fully saturated rings. The number of methoxy groups -OCH3 is 1. The summed E-state index contributed by atoms with van der Waals surface area (Å²) in [6.45, 7) is 11.0. The van der Waals surface area contributed by atoms with Crippen molar-refractivity contribution in [1.29, 1.82) is 0 Å². The van der Waals surface area contributed by atoms with Gasteiger partial charge in [0.2, 0.25) is 0 Å². The highest BCUT2D eigenvalue weighted by atomic mass is 16.5. The highest BCUT2D eigenvalue weighted by Crippen LogP contribution is 2.31. The smallest absolute Gasteiger partial charge is 0.121 e. The molecular weight excluding hydrogens is 236 g/mol. The molecule has 0 aliphatic heterocycles. The Hall–Kier alpha value is -1.02. The molecule has 1 aromatic carbocycles. The standard InChI is InChI=1S/C17H28O2/c1-12(11-17(3,4)5)9-15(18)14-7-8-16(19-6)13(2)10-14/h7-8,10,12,15,18H,9,11H2,1-6H3. The molecule has 0 heterocycles. The van der Waals surface area contributed by atoms with Crippen LogP contribution in [0.15, 0.2) is 18.2 Å². The maximum absolute atomic E-state index is 10.3. The summed E-state index contributed by atoms with van der Waals surface area (Å²) in [5.74, 6) is 1.39. The zero-order chi connectivity index (χ0) is 14.6. The van der Waals surface area contributed by atoms with Crippen LogP contribution in [0.5, 0.6) is 5.75 Å². The normalized spacial score (nSPS) is 15.1. The minimum absolute atomic E-state index is 0.314. The molecule has 0 aliphatic carbocycles. The van der Waals surface area contributed by atoms with Gasteiger partial charge in [-0.2, -0.15) is 0 Å². The molecule has 0 aliphatic rings. The van der Waals surface area contributed by atoms with E-state index in [-0.39, 0.29) is 6.10 Å². The number of aliphatic hydroxyl groups is 1. The van der Waals surface area contributed by atoms with Crippen molar-refractivity contribution < 1.29 is 9.84 Å². The van der Waals surface area contributed by atoms with Gasteiger partial charge in [-0.1, -0.05) is 33.8 Å². The van der Waals surface area contributed by atoms with Crippen molar-refractivity contribution in [2.75, 3.05) is 7.11 Å². The Bertz CT molecular complexity index is 404. The molecule has 1 N–H and O–H groups in total. The van der Waals surface area contributed by atoms with Crippen LogP contribution < -0.4 is 4.74 Å². The maximum Gasteiger partial charge on any atom is 0.121 e. The van der Waals surface area contributed by atoms with Crippen LogP contribution in [0.1, 0.15) is 57.8 Å². The minimum Gasteiger partial charge on any atom is -0.496 e. The molecule has 2 heteroatoms. The molecule has 2 nitrogen and oxygen atoms in total. The van der Waals surface area contributed by atoms with E-state index in [4.69, 9.17) is 4.74 Å². The summed E-state index contributed by atoms with van der Waals surface area (Å²) in [6.07, 6.45) is 1.55. The predicted molar refractivity (Wildman–Crippen MR) is 80.5 cm³/mol. The summed E-state index contributed by atoms with van der Waals surface area (Å²) in [4.78, 5) is 0.